The Morgan fingerprint density at radius 1 is 1.33 bits per heavy atom. The fourth-order valence-corrected chi connectivity index (χ4v) is 3.36. The molecule has 0 radical (unpaired) electrons. The van der Waals surface area contributed by atoms with Crippen LogP contribution < -0.4 is 0 Å². The molecular formula is C18H17N3O3. The van der Waals surface area contributed by atoms with Crippen molar-refractivity contribution < 1.29 is 13.7 Å². The molecule has 0 N–H and O–H groups in total. The molecule has 0 spiro atoms. The Labute approximate surface area is 138 Å². The third-order valence-electron chi connectivity index (χ3n) is 4.56. The number of carbonyl (C=O) groups excluding carboxylic acids is 1. The molecule has 0 fully saturated rings. The summed E-state index contributed by atoms with van der Waals surface area (Å²) < 4.78 is 10.3. The van der Waals surface area contributed by atoms with Crippen LogP contribution in [0.4, 0.5) is 0 Å². The summed E-state index contributed by atoms with van der Waals surface area (Å²) in [4.78, 5) is 20.7. The molecular weight excluding hydrogens is 306 g/mol. The van der Waals surface area contributed by atoms with Crippen LogP contribution in [-0.2, 0) is 6.42 Å². The molecule has 6 nitrogen and oxygen atoms in total. The maximum atomic E-state index is 12.4. The van der Waals surface area contributed by atoms with Gasteiger partial charge in [0.25, 0.3) is 0 Å². The van der Waals surface area contributed by atoms with E-state index in [4.69, 9.17) is 8.94 Å². The second-order valence-electron chi connectivity index (χ2n) is 6.18. The monoisotopic (exact) mass is 323 g/mol. The molecule has 2 heterocycles. The lowest BCUT2D eigenvalue weighted by molar-refractivity contribution is 0.0945. The van der Waals surface area contributed by atoms with Crippen LogP contribution in [0.5, 0.6) is 0 Å². The standard InChI is InChI=1S/C18H17N3O3/c1-10-17(23-9-19-10)16(22)8-13-4-3-12-7-14(5-6-15(12)13)18-20-11(2)24-21-18/h5-7,9,13H,3-4,8H2,1-2H3/t13-/m0/s1. The van der Waals surface area contributed by atoms with Crippen molar-refractivity contribution in [2.45, 2.75) is 39.0 Å². The molecule has 24 heavy (non-hydrogen) atoms. The molecule has 1 aliphatic carbocycles. The molecule has 0 bridgehead atoms. The first kappa shape index (κ1) is 14.8. The molecule has 0 unspecified atom stereocenters. The first-order valence-corrected chi connectivity index (χ1v) is 7.98. The van der Waals surface area contributed by atoms with Crippen molar-refractivity contribution >= 4 is 5.78 Å². The molecule has 122 valence electrons. The van der Waals surface area contributed by atoms with Crippen LogP contribution >= 0.6 is 0 Å². The molecule has 1 aromatic carbocycles. The van der Waals surface area contributed by atoms with Gasteiger partial charge in [-0.05, 0) is 42.9 Å². The Balaban J connectivity index is 1.56. The van der Waals surface area contributed by atoms with Gasteiger partial charge in [-0.3, -0.25) is 4.79 Å². The number of Topliss-reactive ketones (excluding diaryl/α,β-unsaturated/α-hetero) is 1. The smallest absolute Gasteiger partial charge is 0.223 e. The molecule has 4 rings (SSSR count). The normalized spacial score (nSPS) is 16.3. The molecule has 0 aliphatic heterocycles. The predicted octanol–water partition coefficient (Wildman–Crippen LogP) is 3.64. The molecule has 6 heteroatoms. The lowest BCUT2D eigenvalue weighted by atomic mass is 9.94. The number of hydrogen-bond acceptors (Lipinski definition) is 6. The summed E-state index contributed by atoms with van der Waals surface area (Å²) in [6.07, 6.45) is 3.68. The quantitative estimate of drug-likeness (QED) is 0.682. The van der Waals surface area contributed by atoms with Crippen LogP contribution in [0, 0.1) is 13.8 Å². The molecule has 2 aromatic heterocycles. The Kier molecular flexibility index (Phi) is 3.52. The van der Waals surface area contributed by atoms with Crippen LogP contribution in [0.1, 0.15) is 52.0 Å². The van der Waals surface area contributed by atoms with Gasteiger partial charge in [-0.1, -0.05) is 17.3 Å². The molecule has 0 saturated carbocycles. The maximum Gasteiger partial charge on any atom is 0.223 e. The van der Waals surface area contributed by atoms with Crippen molar-refractivity contribution in [2.75, 3.05) is 0 Å². The largest absolute Gasteiger partial charge is 0.440 e. The van der Waals surface area contributed by atoms with E-state index in [0.29, 0.717) is 29.6 Å². The number of rotatable bonds is 4. The second-order valence-corrected chi connectivity index (χ2v) is 6.18. The van der Waals surface area contributed by atoms with Crippen LogP contribution in [-0.4, -0.2) is 20.9 Å². The predicted molar refractivity (Wildman–Crippen MR) is 85.7 cm³/mol. The Morgan fingerprint density at radius 2 is 2.21 bits per heavy atom. The summed E-state index contributed by atoms with van der Waals surface area (Å²) in [7, 11) is 0. The van der Waals surface area contributed by atoms with E-state index in [2.05, 4.69) is 27.3 Å². The lowest BCUT2D eigenvalue weighted by Crippen LogP contribution is -2.06. The summed E-state index contributed by atoms with van der Waals surface area (Å²) in [5.41, 5.74) is 4.08. The van der Waals surface area contributed by atoms with Crippen molar-refractivity contribution in [3.63, 3.8) is 0 Å². The Hall–Kier alpha value is -2.76. The number of oxazole rings is 1. The van der Waals surface area contributed by atoms with E-state index in [1.54, 1.807) is 13.8 Å². The van der Waals surface area contributed by atoms with Crippen molar-refractivity contribution in [1.82, 2.24) is 15.1 Å². The minimum Gasteiger partial charge on any atom is -0.440 e. The van der Waals surface area contributed by atoms with Crippen molar-refractivity contribution in [3.05, 3.63) is 53.1 Å². The highest BCUT2D eigenvalue weighted by atomic mass is 16.5. The van der Waals surface area contributed by atoms with E-state index >= 15 is 0 Å². The number of nitrogens with zero attached hydrogens (tertiary/aromatic N) is 3. The van der Waals surface area contributed by atoms with Crippen LogP contribution in [0.15, 0.2) is 33.5 Å². The fourth-order valence-electron chi connectivity index (χ4n) is 3.36. The highest BCUT2D eigenvalue weighted by Crippen LogP contribution is 2.38. The fraction of sp³-hybridized carbons (Fsp3) is 0.333. The minimum absolute atomic E-state index is 0.0146. The average molecular weight is 323 g/mol. The third kappa shape index (κ3) is 2.54. The van der Waals surface area contributed by atoms with Crippen molar-refractivity contribution in [3.8, 4) is 11.4 Å². The summed E-state index contributed by atoms with van der Waals surface area (Å²) >= 11 is 0. The van der Waals surface area contributed by atoms with Gasteiger partial charge in [-0.15, -0.1) is 0 Å². The van der Waals surface area contributed by atoms with E-state index in [0.717, 1.165) is 18.4 Å². The van der Waals surface area contributed by atoms with Gasteiger partial charge in [0.05, 0.1) is 5.69 Å². The van der Waals surface area contributed by atoms with Crippen LogP contribution in [0.2, 0.25) is 0 Å². The van der Waals surface area contributed by atoms with Crippen LogP contribution in [0.25, 0.3) is 11.4 Å². The van der Waals surface area contributed by atoms with Gasteiger partial charge >= 0.3 is 0 Å². The summed E-state index contributed by atoms with van der Waals surface area (Å²) in [6.45, 7) is 3.56. The second kappa shape index (κ2) is 5.70. The number of fused-ring (bicyclic) bond motifs is 1. The molecule has 0 amide bonds. The van der Waals surface area contributed by atoms with Gasteiger partial charge in [0.2, 0.25) is 17.5 Å². The van der Waals surface area contributed by atoms with E-state index < -0.39 is 0 Å². The van der Waals surface area contributed by atoms with Gasteiger partial charge in [0.1, 0.15) is 0 Å². The number of hydrogen-bond donors (Lipinski definition) is 0. The van der Waals surface area contributed by atoms with E-state index in [-0.39, 0.29) is 11.7 Å². The maximum absolute atomic E-state index is 12.4. The number of ketones is 1. The number of benzene rings is 1. The third-order valence-corrected chi connectivity index (χ3v) is 4.56. The summed E-state index contributed by atoms with van der Waals surface area (Å²) in [5, 5.41) is 3.96. The first-order valence-electron chi connectivity index (χ1n) is 7.98. The van der Waals surface area contributed by atoms with E-state index in [1.165, 1.54) is 17.5 Å². The topological polar surface area (TPSA) is 82.0 Å². The lowest BCUT2D eigenvalue weighted by Gasteiger charge is -2.10. The first-order chi connectivity index (χ1) is 11.6. The average Bonchev–Trinajstić information content (AvgIpc) is 3.27. The summed E-state index contributed by atoms with van der Waals surface area (Å²) in [5.74, 6) is 1.77. The van der Waals surface area contributed by atoms with Gasteiger partial charge in [0.15, 0.2) is 12.2 Å². The minimum atomic E-state index is 0.0146. The Morgan fingerprint density at radius 3 is 2.92 bits per heavy atom. The van der Waals surface area contributed by atoms with Crippen molar-refractivity contribution in [1.29, 1.82) is 0 Å². The SMILES string of the molecule is Cc1nc(-c2ccc3c(c2)CC[C@H]3CC(=O)c2ocnc2C)no1. The van der Waals surface area contributed by atoms with Gasteiger partial charge < -0.3 is 8.94 Å². The molecule has 3 aromatic rings. The Bertz CT molecular complexity index is 910. The summed E-state index contributed by atoms with van der Waals surface area (Å²) in [6, 6.07) is 6.17. The number of carbonyl (C=O) groups is 1. The van der Waals surface area contributed by atoms with Gasteiger partial charge in [0, 0.05) is 18.9 Å². The highest BCUT2D eigenvalue weighted by Gasteiger charge is 2.27. The van der Waals surface area contributed by atoms with E-state index in [9.17, 15) is 4.79 Å². The molecule has 0 saturated heterocycles. The zero-order valence-corrected chi connectivity index (χ0v) is 13.6. The number of aromatic nitrogens is 3. The van der Waals surface area contributed by atoms with Gasteiger partial charge in [-0.2, -0.15) is 4.98 Å². The molecule has 1 aliphatic rings. The highest BCUT2D eigenvalue weighted by molar-refractivity contribution is 5.94. The van der Waals surface area contributed by atoms with E-state index in [1.807, 2.05) is 6.07 Å². The number of aryl methyl sites for hydroxylation is 3. The van der Waals surface area contributed by atoms with Crippen molar-refractivity contribution in [2.24, 2.45) is 0 Å². The van der Waals surface area contributed by atoms with Crippen LogP contribution in [0.3, 0.4) is 0 Å². The van der Waals surface area contributed by atoms with Gasteiger partial charge in [-0.25, -0.2) is 4.98 Å². The zero-order valence-electron chi connectivity index (χ0n) is 13.6. The molecule has 1 atom stereocenters. The zero-order chi connectivity index (χ0) is 16.7.